The molecule has 1 amide bonds. The van der Waals surface area contributed by atoms with E-state index in [1.54, 1.807) is 18.2 Å². The third-order valence-corrected chi connectivity index (χ3v) is 3.97. The Hall–Kier alpha value is -2.21. The van der Waals surface area contributed by atoms with Crippen molar-refractivity contribution < 1.29 is 24.2 Å². The van der Waals surface area contributed by atoms with Crippen LogP contribution in [0.25, 0.3) is 6.08 Å². The van der Waals surface area contributed by atoms with Crippen LogP contribution in [0, 0.1) is 0 Å². The van der Waals surface area contributed by atoms with Crippen molar-refractivity contribution in [2.45, 2.75) is 18.9 Å². The van der Waals surface area contributed by atoms with Gasteiger partial charge in [-0.15, -0.1) is 0 Å². The van der Waals surface area contributed by atoms with Crippen LogP contribution in [0.5, 0.6) is 11.5 Å². The molecule has 1 fully saturated rings. The molecule has 0 saturated carbocycles. The number of ether oxygens (including phenoxy) is 2. The second kappa shape index (κ2) is 5.88. The highest BCUT2D eigenvalue weighted by molar-refractivity contribution is 6.32. The van der Waals surface area contributed by atoms with Gasteiger partial charge in [0.15, 0.2) is 11.5 Å². The Morgan fingerprint density at radius 2 is 2.18 bits per heavy atom. The second-order valence-corrected chi connectivity index (χ2v) is 5.50. The number of likely N-dealkylation sites (tertiary alicyclic amines) is 1. The smallest absolute Gasteiger partial charge is 0.326 e. The van der Waals surface area contributed by atoms with Gasteiger partial charge in [0.2, 0.25) is 12.7 Å². The fourth-order valence-electron chi connectivity index (χ4n) is 2.63. The maximum absolute atomic E-state index is 12.1. The zero-order chi connectivity index (χ0) is 15.7. The molecule has 1 aromatic rings. The van der Waals surface area contributed by atoms with Crippen molar-refractivity contribution in [2.24, 2.45) is 0 Å². The van der Waals surface area contributed by atoms with E-state index in [0.29, 0.717) is 41.5 Å². The van der Waals surface area contributed by atoms with Gasteiger partial charge in [0, 0.05) is 12.6 Å². The summed E-state index contributed by atoms with van der Waals surface area (Å²) in [4.78, 5) is 24.6. The Bertz CT molecular complexity index is 658. The molecule has 0 radical (unpaired) electrons. The van der Waals surface area contributed by atoms with Gasteiger partial charge >= 0.3 is 5.97 Å². The number of benzene rings is 1. The van der Waals surface area contributed by atoms with Crippen LogP contribution in [0.4, 0.5) is 0 Å². The minimum atomic E-state index is -0.967. The zero-order valence-electron chi connectivity index (χ0n) is 11.6. The molecule has 116 valence electrons. The molecule has 7 heteroatoms. The number of carboxylic acid groups (broad SMARTS) is 1. The summed E-state index contributed by atoms with van der Waals surface area (Å²) in [7, 11) is 0. The third-order valence-electron chi connectivity index (χ3n) is 3.69. The first-order valence-corrected chi connectivity index (χ1v) is 7.24. The molecule has 1 N–H and O–H groups in total. The van der Waals surface area contributed by atoms with Crippen molar-refractivity contribution in [2.75, 3.05) is 13.3 Å². The first kappa shape index (κ1) is 14.7. The van der Waals surface area contributed by atoms with Gasteiger partial charge in [-0.05, 0) is 36.6 Å². The first-order chi connectivity index (χ1) is 10.6. The minimum absolute atomic E-state index is 0.120. The molecule has 1 aromatic carbocycles. The number of rotatable bonds is 3. The number of aliphatic carboxylic acids is 1. The molecule has 22 heavy (non-hydrogen) atoms. The SMILES string of the molecule is O=C(O)[C@H]1CCCN1C(=O)/C=C/c1cc(Cl)c2c(c1)OCO2. The molecule has 0 unspecified atom stereocenters. The Balaban J connectivity index is 1.75. The summed E-state index contributed by atoms with van der Waals surface area (Å²) in [6, 6.07) is 2.64. The molecule has 2 heterocycles. The average Bonchev–Trinajstić information content (AvgIpc) is 3.13. The molecular weight excluding hydrogens is 310 g/mol. The highest BCUT2D eigenvalue weighted by Gasteiger charge is 2.32. The summed E-state index contributed by atoms with van der Waals surface area (Å²) in [5, 5.41) is 9.50. The quantitative estimate of drug-likeness (QED) is 0.863. The minimum Gasteiger partial charge on any atom is -0.480 e. The summed E-state index contributed by atoms with van der Waals surface area (Å²) in [6.45, 7) is 0.581. The molecule has 3 rings (SSSR count). The molecule has 0 aromatic heterocycles. The van der Waals surface area contributed by atoms with E-state index in [4.69, 9.17) is 26.2 Å². The fourth-order valence-corrected chi connectivity index (χ4v) is 2.91. The maximum Gasteiger partial charge on any atom is 0.326 e. The van der Waals surface area contributed by atoms with E-state index < -0.39 is 12.0 Å². The number of hydrogen-bond acceptors (Lipinski definition) is 4. The summed E-state index contributed by atoms with van der Waals surface area (Å²) in [5.41, 5.74) is 0.689. The normalized spacial score (nSPS) is 19.9. The van der Waals surface area contributed by atoms with E-state index in [1.165, 1.54) is 11.0 Å². The van der Waals surface area contributed by atoms with Gasteiger partial charge in [-0.1, -0.05) is 11.6 Å². The lowest BCUT2D eigenvalue weighted by Gasteiger charge is -2.19. The van der Waals surface area contributed by atoms with Gasteiger partial charge in [0.1, 0.15) is 6.04 Å². The van der Waals surface area contributed by atoms with Gasteiger partial charge < -0.3 is 19.5 Å². The average molecular weight is 324 g/mol. The first-order valence-electron chi connectivity index (χ1n) is 6.87. The van der Waals surface area contributed by atoms with Crippen molar-refractivity contribution in [1.29, 1.82) is 0 Å². The number of hydrogen-bond donors (Lipinski definition) is 1. The summed E-state index contributed by atoms with van der Waals surface area (Å²) >= 11 is 6.07. The number of fused-ring (bicyclic) bond motifs is 1. The zero-order valence-corrected chi connectivity index (χ0v) is 12.4. The largest absolute Gasteiger partial charge is 0.480 e. The van der Waals surface area contributed by atoms with E-state index in [2.05, 4.69) is 0 Å². The molecular formula is C15H14ClNO5. The lowest BCUT2D eigenvalue weighted by atomic mass is 10.1. The molecule has 0 bridgehead atoms. The molecule has 6 nitrogen and oxygen atoms in total. The van der Waals surface area contributed by atoms with E-state index in [-0.39, 0.29) is 12.7 Å². The maximum atomic E-state index is 12.1. The molecule has 2 aliphatic rings. The Morgan fingerprint density at radius 1 is 1.36 bits per heavy atom. The van der Waals surface area contributed by atoms with Crippen LogP contribution in [0.3, 0.4) is 0 Å². The predicted octanol–water partition coefficient (Wildman–Crippen LogP) is 2.16. The fraction of sp³-hybridized carbons (Fsp3) is 0.333. The van der Waals surface area contributed by atoms with Gasteiger partial charge in [-0.3, -0.25) is 4.79 Å². The van der Waals surface area contributed by atoms with Crippen molar-refractivity contribution in [3.05, 3.63) is 28.8 Å². The van der Waals surface area contributed by atoms with Crippen LogP contribution in [0.1, 0.15) is 18.4 Å². The highest BCUT2D eigenvalue weighted by atomic mass is 35.5. The lowest BCUT2D eigenvalue weighted by molar-refractivity contribution is -0.146. The number of carbonyl (C=O) groups is 2. The van der Waals surface area contributed by atoms with Crippen molar-refractivity contribution in [3.8, 4) is 11.5 Å². The molecule has 2 aliphatic heterocycles. The van der Waals surface area contributed by atoms with Crippen LogP contribution >= 0.6 is 11.6 Å². The number of nitrogens with zero attached hydrogens (tertiary/aromatic N) is 1. The van der Waals surface area contributed by atoms with Gasteiger partial charge in [-0.25, -0.2) is 4.79 Å². The Labute approximate surface area is 131 Å². The van der Waals surface area contributed by atoms with E-state index in [1.807, 2.05) is 0 Å². The Morgan fingerprint density at radius 3 is 2.95 bits per heavy atom. The summed E-state index contributed by atoms with van der Waals surface area (Å²) in [5.74, 6) is -0.260. The summed E-state index contributed by atoms with van der Waals surface area (Å²) < 4.78 is 10.5. The van der Waals surface area contributed by atoms with Crippen LogP contribution < -0.4 is 9.47 Å². The van der Waals surface area contributed by atoms with Gasteiger partial charge in [0.05, 0.1) is 5.02 Å². The Kier molecular flexibility index (Phi) is 3.94. The second-order valence-electron chi connectivity index (χ2n) is 5.10. The third kappa shape index (κ3) is 2.74. The topological polar surface area (TPSA) is 76.1 Å². The van der Waals surface area contributed by atoms with Crippen molar-refractivity contribution in [3.63, 3.8) is 0 Å². The molecule has 1 atom stereocenters. The van der Waals surface area contributed by atoms with E-state index in [9.17, 15) is 9.59 Å². The van der Waals surface area contributed by atoms with Gasteiger partial charge in [-0.2, -0.15) is 0 Å². The number of amides is 1. The van der Waals surface area contributed by atoms with Crippen molar-refractivity contribution in [1.82, 2.24) is 4.90 Å². The molecule has 0 spiro atoms. The lowest BCUT2D eigenvalue weighted by Crippen LogP contribution is -2.39. The molecule has 1 saturated heterocycles. The molecule has 0 aliphatic carbocycles. The van der Waals surface area contributed by atoms with Crippen LogP contribution in [0.15, 0.2) is 18.2 Å². The highest BCUT2D eigenvalue weighted by Crippen LogP contribution is 2.40. The number of carbonyl (C=O) groups excluding carboxylic acids is 1. The van der Waals surface area contributed by atoms with Crippen molar-refractivity contribution >= 4 is 29.6 Å². The monoisotopic (exact) mass is 323 g/mol. The van der Waals surface area contributed by atoms with Crippen LogP contribution in [-0.4, -0.2) is 41.3 Å². The van der Waals surface area contributed by atoms with E-state index in [0.717, 1.165) is 0 Å². The van der Waals surface area contributed by atoms with Crippen LogP contribution in [0.2, 0.25) is 5.02 Å². The predicted molar refractivity (Wildman–Crippen MR) is 79.0 cm³/mol. The number of halogens is 1. The summed E-state index contributed by atoms with van der Waals surface area (Å²) in [6.07, 6.45) is 4.14. The van der Waals surface area contributed by atoms with E-state index >= 15 is 0 Å². The van der Waals surface area contributed by atoms with Crippen LogP contribution in [-0.2, 0) is 9.59 Å². The van der Waals surface area contributed by atoms with Gasteiger partial charge in [0.25, 0.3) is 0 Å². The number of carboxylic acids is 1. The standard InChI is InChI=1S/C15H14ClNO5/c16-10-6-9(7-12-14(10)22-8-21-12)3-4-13(18)17-5-1-2-11(17)15(19)20/h3-4,6-7,11H,1-2,5,8H2,(H,19,20)/b4-3+/t11-/m1/s1.